The molecule has 7 fully saturated rings. The molecule has 0 aliphatic carbocycles. The van der Waals surface area contributed by atoms with Crippen LogP contribution >= 0.6 is 0 Å². The van der Waals surface area contributed by atoms with Crippen molar-refractivity contribution in [3.8, 4) is 0 Å². The first-order chi connectivity index (χ1) is 70.3. The van der Waals surface area contributed by atoms with E-state index >= 15 is 0 Å². The Morgan fingerprint density at radius 1 is 0.384 bits per heavy atom. The van der Waals surface area contributed by atoms with Crippen molar-refractivity contribution in [2.24, 2.45) is 4.99 Å². The van der Waals surface area contributed by atoms with Crippen molar-refractivity contribution >= 4 is 23.8 Å². The summed E-state index contributed by atoms with van der Waals surface area (Å²) in [6.07, 6.45) is 27.0. The molecule has 0 radical (unpaired) electrons. The Kier molecular flexibility index (Phi) is 95.8. The van der Waals surface area contributed by atoms with E-state index in [-0.39, 0.29) is 17.6 Å². The van der Waals surface area contributed by atoms with Gasteiger partial charge in [0.25, 0.3) is 0 Å². The van der Waals surface area contributed by atoms with Gasteiger partial charge in [-0.1, -0.05) is 159 Å². The number of nitrogens with one attached hydrogen (secondary N) is 5. The van der Waals surface area contributed by atoms with Crippen LogP contribution in [0.4, 0.5) is 0 Å². The van der Waals surface area contributed by atoms with Crippen molar-refractivity contribution in [2.75, 3.05) is 164 Å². The zero-order valence-corrected chi connectivity index (χ0v) is 104. The molecule has 5 aromatic rings. The van der Waals surface area contributed by atoms with E-state index in [1.807, 2.05) is 208 Å². The molecule has 0 saturated carbocycles. The van der Waals surface area contributed by atoms with Gasteiger partial charge in [0.2, 0.25) is 11.8 Å². The SMILES string of the molecule is CC.CC.CC.CC.CC.CC.CC.CC.CC.CC.CC.CC(C)N1CC(n2cccn2)C1.CC(C)N1CCC(c2ncc[nH]2)CC1.CC(C)N1CCC2=C(C1)N=CCC2=O.CC(C)N1CCCCC1.CC(C)N1CCNC(=O)C1.CC(C)N1CCNC(=O)CC1.CC(C)N1CCNCC1.CC(C)N1CCOCC1.CC(C)N1CCc2[nH]ncc2C1.CC(C)N1CCn2cncc2C1.CC(C)N1CCn2nccc2C1. The maximum Gasteiger partial charge on any atom is 0.234 e. The predicted octanol–water partition coefficient (Wildman–Crippen LogP) is 22.2. The molecule has 856 valence electrons. The lowest BCUT2D eigenvalue weighted by atomic mass is 9.95. The van der Waals surface area contributed by atoms with Gasteiger partial charge in [0.15, 0.2) is 5.78 Å². The smallest absolute Gasteiger partial charge is 0.234 e. The van der Waals surface area contributed by atoms with Gasteiger partial charge in [-0.25, -0.2) is 9.97 Å². The summed E-state index contributed by atoms with van der Waals surface area (Å²) in [6.45, 7) is 125. The number of piperidine rings is 2. The molecule has 0 atom stereocenters. The molecule has 0 unspecified atom stereocenters. The number of carbonyl (C=O) groups excluding carboxylic acids is 3. The molecule has 29 nitrogen and oxygen atoms in total. The van der Waals surface area contributed by atoms with E-state index in [1.165, 1.54) is 99.8 Å². The second-order valence-corrected chi connectivity index (χ2v) is 38.1. The second kappa shape index (κ2) is 94.5. The number of fused-ring (bicyclic) bond motifs is 3. The molecule has 12 aliphatic heterocycles. The van der Waals surface area contributed by atoms with Gasteiger partial charge >= 0.3 is 0 Å². The van der Waals surface area contributed by atoms with E-state index in [0.717, 1.165) is 187 Å². The van der Waals surface area contributed by atoms with Crippen LogP contribution in [0, 0.1) is 0 Å². The summed E-state index contributed by atoms with van der Waals surface area (Å²) >= 11 is 0. The number of ketones is 1. The van der Waals surface area contributed by atoms with Crippen LogP contribution in [0.5, 0.6) is 0 Å². The number of rotatable bonds is 13. The summed E-state index contributed by atoms with van der Waals surface area (Å²) in [7, 11) is 0. The van der Waals surface area contributed by atoms with Gasteiger partial charge in [-0.3, -0.25) is 77.9 Å². The number of likely N-dealkylation sites (tertiary alicyclic amines) is 3. The Hall–Kier alpha value is -6.45. The van der Waals surface area contributed by atoms with Gasteiger partial charge in [-0.2, -0.15) is 15.3 Å². The molecule has 7 saturated heterocycles. The Morgan fingerprint density at radius 2 is 0.822 bits per heavy atom. The number of hydrogen-bond donors (Lipinski definition) is 5. The van der Waals surface area contributed by atoms with Crippen molar-refractivity contribution in [1.29, 1.82) is 0 Å². The number of hydrogen-bond acceptors (Lipinski definition) is 22. The lowest BCUT2D eigenvalue weighted by Gasteiger charge is -2.41. The molecule has 2 amide bonds. The molecular formula is C117H239N25O4. The van der Waals surface area contributed by atoms with E-state index in [2.05, 4.69) is 283 Å². The normalized spacial score (nSPS) is 18.1. The third-order valence-corrected chi connectivity index (χ3v) is 25.9. The third kappa shape index (κ3) is 62.5. The van der Waals surface area contributed by atoms with Crippen molar-refractivity contribution in [2.45, 2.75) is 474 Å². The monoisotopic (exact) mass is 2060 g/mol. The number of imidazole rings is 2. The molecule has 0 aromatic carbocycles. The van der Waals surface area contributed by atoms with Crippen molar-refractivity contribution < 1.29 is 19.1 Å². The average Bonchev–Trinajstić information content (AvgIpc) is 1.17. The van der Waals surface area contributed by atoms with Gasteiger partial charge in [-0.05, 0) is 223 Å². The topological polar surface area (TPSA) is 255 Å². The van der Waals surface area contributed by atoms with Crippen molar-refractivity contribution in [3.05, 3.63) is 102 Å². The lowest BCUT2D eigenvalue weighted by Crippen LogP contribution is -2.50. The summed E-state index contributed by atoms with van der Waals surface area (Å²) in [4.78, 5) is 76.0. The molecule has 0 spiro atoms. The van der Waals surface area contributed by atoms with Crippen LogP contribution in [0.25, 0.3) is 0 Å². The van der Waals surface area contributed by atoms with E-state index in [9.17, 15) is 14.4 Å². The largest absolute Gasteiger partial charge is 0.379 e. The average molecular weight is 2060 g/mol. The van der Waals surface area contributed by atoms with Crippen LogP contribution < -0.4 is 16.0 Å². The predicted molar refractivity (Wildman–Crippen MR) is 632 cm³/mol. The summed E-state index contributed by atoms with van der Waals surface area (Å²) in [5, 5.41) is 24.5. The van der Waals surface area contributed by atoms with E-state index in [4.69, 9.17) is 4.74 Å². The number of morpholine rings is 1. The Morgan fingerprint density at radius 3 is 1.29 bits per heavy atom. The van der Waals surface area contributed by atoms with Crippen LogP contribution in [0.1, 0.15) is 396 Å². The zero-order valence-electron chi connectivity index (χ0n) is 104. The number of aliphatic imine (C=N–C) groups is 1. The fourth-order valence-electron chi connectivity index (χ4n) is 16.9. The molecular weight excluding hydrogens is 1820 g/mol. The quantitative estimate of drug-likeness (QED) is 0.0734. The Balaban J connectivity index is -0.000000491. The molecule has 17 heterocycles. The molecule has 17 rings (SSSR count). The maximum atomic E-state index is 11.5. The molecule has 0 bridgehead atoms. The van der Waals surface area contributed by atoms with Crippen LogP contribution in [-0.4, -0.2) is 357 Å². The maximum absolute atomic E-state index is 11.5. The van der Waals surface area contributed by atoms with Gasteiger partial charge in [0.1, 0.15) is 5.82 Å². The molecule has 146 heavy (non-hydrogen) atoms. The fourth-order valence-corrected chi connectivity index (χ4v) is 16.9. The van der Waals surface area contributed by atoms with E-state index in [0.29, 0.717) is 85.7 Å². The van der Waals surface area contributed by atoms with Gasteiger partial charge in [0.05, 0.1) is 62.0 Å². The van der Waals surface area contributed by atoms with Gasteiger partial charge in [-0.15, -0.1) is 0 Å². The molecule has 5 N–H and O–H groups in total. The van der Waals surface area contributed by atoms with Crippen LogP contribution in [0.15, 0.2) is 78.1 Å². The highest BCUT2D eigenvalue weighted by molar-refractivity contribution is 6.05. The number of ether oxygens (including phenoxy) is 1. The molecule has 5 aromatic heterocycles. The number of Topliss-reactive ketones (excluding diaryl/α,β-unsaturated/α-hetero) is 1. The number of aromatic nitrogens is 10. The summed E-state index contributed by atoms with van der Waals surface area (Å²) < 4.78 is 11.6. The number of carbonyl (C=O) groups is 3. The first-order valence-electron chi connectivity index (χ1n) is 59.1. The van der Waals surface area contributed by atoms with E-state index in [1.54, 1.807) is 6.21 Å². The fraction of sp³-hybridized carbons (Fsp3) is 0.821. The van der Waals surface area contributed by atoms with Crippen molar-refractivity contribution in [3.63, 3.8) is 0 Å². The van der Waals surface area contributed by atoms with Gasteiger partial charge < -0.3 is 40.0 Å². The van der Waals surface area contributed by atoms with Crippen molar-refractivity contribution in [1.82, 2.24) is 119 Å². The second-order valence-electron chi connectivity index (χ2n) is 38.1. The first-order valence-corrected chi connectivity index (χ1v) is 59.1. The number of H-pyrrole nitrogens is 2. The highest BCUT2D eigenvalue weighted by Crippen LogP contribution is 2.28. The Bertz CT molecular complexity index is 3530. The van der Waals surface area contributed by atoms with Gasteiger partial charge in [0, 0.05) is 296 Å². The standard InChI is InChI=1S/C11H19N3.C11H16N2O.4C9H15N3.C8H16N2O.C8H17N.C7H14N2O.C7H16N2.C7H15NO.11C2H6/c1-9(2)14-7-3-10(4-8-14)11-12-5-6-13-11;1-8(2)13-6-4-9-10(7-13)12-5-3-11(9)14;1-8(2)11-3-4-12-7-10-5-9(12)6-11;1-7(2)12-4-3-9-8(6-12)5-10-11-9;1-8(2)11-5-6-12-9(7-11)3-4-10-12;1-8(2)11-6-9(7-11)12-5-3-4-10-12;1-7(2)10-5-3-8(11)9-4-6-10;1-8(2)9-6-4-3-5-7-9;1-6(2)9-4-3-8-7(10)5-9;1-7(2)9-5-3-8-4-6-9;1-7(2)8-3-5-9-6-4-8;11*1-2/h5-6,9-10H,3-4,7-8H2,1-2H3,(H,12,13);5,8H,3-4,6-7H2,1-2H3;5,7-8H,3-4,6H2,1-2H3;5,7H,3-4,6H2,1-2H3,(H,10,11);3-4,8H,5-7H2,1-2H3;3-5,8-9H,6-7H2,1-2H3;7H,3-6H2,1-2H3,(H,9,11);8H,3-7H2,1-2H3;6H,3-5H2,1-2H3,(H,8,10);7-8H,3-6H2,1-2H3;7H,3-6H2,1-2H3;11*1-2H3. The first kappa shape index (κ1) is 148. The number of nitrogens with zero attached hydrogens (tertiary/aromatic N) is 20. The van der Waals surface area contributed by atoms with Crippen LogP contribution in [0.3, 0.4) is 0 Å². The zero-order chi connectivity index (χ0) is 112. The van der Waals surface area contributed by atoms with E-state index < -0.39 is 0 Å². The summed E-state index contributed by atoms with van der Waals surface area (Å²) in [5.41, 5.74) is 7.36. The minimum absolute atomic E-state index is 0.153. The lowest BCUT2D eigenvalue weighted by molar-refractivity contribution is -0.124. The minimum atomic E-state index is 0.153. The third-order valence-electron chi connectivity index (χ3n) is 25.9. The summed E-state index contributed by atoms with van der Waals surface area (Å²) in [5.74, 6) is 2.44. The molecule has 29 heteroatoms. The summed E-state index contributed by atoms with van der Waals surface area (Å²) in [6, 6.07) is 11.8. The molecule has 12 aliphatic rings. The highest BCUT2D eigenvalue weighted by atomic mass is 16.5. The highest BCUT2D eigenvalue weighted by Gasteiger charge is 2.31. The number of amides is 2. The Labute approximate surface area is 900 Å². The number of piperazine rings is 2. The number of aromatic amines is 2. The minimum Gasteiger partial charge on any atom is -0.379 e. The van der Waals surface area contributed by atoms with Crippen LogP contribution in [0.2, 0.25) is 0 Å². The van der Waals surface area contributed by atoms with Crippen LogP contribution in [-0.2, 0) is 58.3 Å².